The molecular weight excluding hydrogens is 352 g/mol. The third kappa shape index (κ3) is 4.64. The van der Waals surface area contributed by atoms with Crippen LogP contribution in [0.1, 0.15) is 15.9 Å². The summed E-state index contributed by atoms with van der Waals surface area (Å²) in [6.45, 7) is 1.87. The van der Waals surface area contributed by atoms with Crippen LogP contribution in [0.4, 0.5) is 11.4 Å². The second kappa shape index (κ2) is 7.71. The van der Waals surface area contributed by atoms with Crippen LogP contribution in [0.3, 0.4) is 0 Å². The lowest BCUT2D eigenvalue weighted by atomic mass is 10.1. The van der Waals surface area contributed by atoms with Crippen LogP contribution in [0.2, 0.25) is 5.02 Å². The van der Waals surface area contributed by atoms with Gasteiger partial charge in [-0.15, -0.1) is 0 Å². The summed E-state index contributed by atoms with van der Waals surface area (Å²) >= 11 is 11.0. The highest BCUT2D eigenvalue weighted by Gasteiger charge is 2.12. The van der Waals surface area contributed by atoms with Crippen LogP contribution < -0.4 is 16.2 Å². The summed E-state index contributed by atoms with van der Waals surface area (Å²) in [6.07, 6.45) is 0. The van der Waals surface area contributed by atoms with Crippen molar-refractivity contribution in [1.29, 1.82) is 0 Å². The quantitative estimate of drug-likeness (QED) is 0.438. The van der Waals surface area contributed by atoms with Gasteiger partial charge < -0.3 is 0 Å². The van der Waals surface area contributed by atoms with Crippen LogP contribution in [-0.4, -0.2) is 15.9 Å². The number of thiocarbonyl (C=S) groups is 1. The molecule has 2 aromatic carbocycles. The standard InChI is InChI=1S/C15H13ClN4O3S/c1-9-2-7-12(13(16)8-9)14(21)17-15(24)19-18-10-3-5-11(6-4-10)20(22)23/h2-8,18H,1H3,(H2,17,19,21,24). The molecule has 3 N–H and O–H groups in total. The first-order chi connectivity index (χ1) is 11.4. The lowest BCUT2D eigenvalue weighted by molar-refractivity contribution is -0.384. The first kappa shape index (κ1) is 17.6. The van der Waals surface area contributed by atoms with Crippen LogP contribution in [-0.2, 0) is 0 Å². The molecule has 0 spiro atoms. The number of carbonyl (C=O) groups excluding carboxylic acids is 1. The minimum Gasteiger partial charge on any atom is -0.299 e. The van der Waals surface area contributed by atoms with Crippen molar-refractivity contribution in [2.24, 2.45) is 0 Å². The Morgan fingerprint density at radius 3 is 2.46 bits per heavy atom. The first-order valence-electron chi connectivity index (χ1n) is 6.75. The number of nitrogens with one attached hydrogen (secondary N) is 3. The van der Waals surface area contributed by atoms with Gasteiger partial charge in [0.25, 0.3) is 11.6 Å². The summed E-state index contributed by atoms with van der Waals surface area (Å²) in [5.74, 6) is -0.442. The Bertz CT molecular complexity index is 796. The van der Waals surface area contributed by atoms with Gasteiger partial charge in [-0.3, -0.25) is 31.1 Å². The predicted octanol–water partition coefficient (Wildman–Crippen LogP) is 3.19. The van der Waals surface area contributed by atoms with Crippen molar-refractivity contribution in [2.75, 3.05) is 5.43 Å². The predicted molar refractivity (Wildman–Crippen MR) is 96.1 cm³/mol. The molecule has 7 nitrogen and oxygen atoms in total. The summed E-state index contributed by atoms with van der Waals surface area (Å²) in [5, 5.41) is 13.4. The number of anilines is 1. The minimum absolute atomic E-state index is 0.0227. The highest BCUT2D eigenvalue weighted by Crippen LogP contribution is 2.17. The molecule has 0 saturated carbocycles. The number of nitro groups is 1. The molecule has 0 aliphatic heterocycles. The van der Waals surface area contributed by atoms with E-state index in [9.17, 15) is 14.9 Å². The summed E-state index contributed by atoms with van der Waals surface area (Å²) in [7, 11) is 0. The van der Waals surface area contributed by atoms with E-state index in [2.05, 4.69) is 16.2 Å². The van der Waals surface area contributed by atoms with Gasteiger partial charge in [0, 0.05) is 12.1 Å². The van der Waals surface area contributed by atoms with Crippen LogP contribution in [0.25, 0.3) is 0 Å². The van der Waals surface area contributed by atoms with Gasteiger partial charge >= 0.3 is 0 Å². The lowest BCUT2D eigenvalue weighted by Gasteiger charge is -2.12. The number of non-ortho nitro benzene ring substituents is 1. The zero-order valence-electron chi connectivity index (χ0n) is 12.5. The van der Waals surface area contributed by atoms with Crippen molar-refractivity contribution < 1.29 is 9.72 Å². The summed E-state index contributed by atoms with van der Waals surface area (Å²) in [4.78, 5) is 22.2. The molecule has 9 heteroatoms. The molecule has 1 amide bonds. The SMILES string of the molecule is Cc1ccc(C(=O)NC(=S)NNc2ccc([N+](=O)[O-])cc2)c(Cl)c1. The normalized spacial score (nSPS) is 9.92. The number of nitrogens with zero attached hydrogens (tertiary/aromatic N) is 1. The van der Waals surface area contributed by atoms with Crippen molar-refractivity contribution >= 4 is 46.2 Å². The number of hydrogen-bond acceptors (Lipinski definition) is 5. The molecule has 2 rings (SSSR count). The number of nitro benzene ring substituents is 1. The fraction of sp³-hybridized carbons (Fsp3) is 0.0667. The molecule has 0 radical (unpaired) electrons. The maximum atomic E-state index is 12.1. The molecule has 2 aromatic rings. The maximum absolute atomic E-state index is 12.1. The largest absolute Gasteiger partial charge is 0.299 e. The molecular formula is C15H13ClN4O3S. The Balaban J connectivity index is 1.90. The third-order valence-corrected chi connectivity index (χ3v) is 3.51. The van der Waals surface area contributed by atoms with E-state index in [1.165, 1.54) is 24.3 Å². The molecule has 0 aliphatic rings. The number of aryl methyl sites for hydroxylation is 1. The molecule has 0 heterocycles. The average molecular weight is 365 g/mol. The van der Waals surface area contributed by atoms with Gasteiger partial charge in [-0.25, -0.2) is 0 Å². The van der Waals surface area contributed by atoms with Gasteiger partial charge in [0.1, 0.15) is 0 Å². The van der Waals surface area contributed by atoms with E-state index < -0.39 is 10.8 Å². The van der Waals surface area contributed by atoms with E-state index in [1.807, 2.05) is 6.92 Å². The number of hydrogen-bond donors (Lipinski definition) is 3. The minimum atomic E-state index is -0.493. The Morgan fingerprint density at radius 2 is 1.88 bits per heavy atom. The van der Waals surface area contributed by atoms with Gasteiger partial charge in [-0.1, -0.05) is 17.7 Å². The van der Waals surface area contributed by atoms with Crippen molar-refractivity contribution in [3.8, 4) is 0 Å². The fourth-order valence-corrected chi connectivity index (χ4v) is 2.27. The highest BCUT2D eigenvalue weighted by atomic mass is 35.5. The average Bonchev–Trinajstić information content (AvgIpc) is 2.53. The summed E-state index contributed by atoms with van der Waals surface area (Å²) < 4.78 is 0. The number of amides is 1. The van der Waals surface area contributed by atoms with E-state index in [-0.39, 0.29) is 10.8 Å². The van der Waals surface area contributed by atoms with E-state index in [0.29, 0.717) is 16.3 Å². The van der Waals surface area contributed by atoms with Crippen molar-refractivity contribution in [2.45, 2.75) is 6.92 Å². The van der Waals surface area contributed by atoms with Gasteiger partial charge in [0.2, 0.25) is 0 Å². The van der Waals surface area contributed by atoms with Crippen LogP contribution in [0.15, 0.2) is 42.5 Å². The Kier molecular flexibility index (Phi) is 5.67. The fourth-order valence-electron chi connectivity index (χ4n) is 1.80. The summed E-state index contributed by atoms with van der Waals surface area (Å²) in [6, 6.07) is 10.8. The van der Waals surface area contributed by atoms with Gasteiger partial charge in [0.05, 0.1) is 21.2 Å². The number of hydrazine groups is 1. The zero-order chi connectivity index (χ0) is 17.7. The second-order valence-corrected chi connectivity index (χ2v) is 5.64. The van der Waals surface area contributed by atoms with E-state index in [1.54, 1.807) is 18.2 Å². The molecule has 124 valence electrons. The molecule has 0 unspecified atom stereocenters. The highest BCUT2D eigenvalue weighted by molar-refractivity contribution is 7.80. The third-order valence-electron chi connectivity index (χ3n) is 2.99. The lowest BCUT2D eigenvalue weighted by Crippen LogP contribution is -2.42. The second-order valence-electron chi connectivity index (χ2n) is 4.82. The molecule has 0 fully saturated rings. The smallest absolute Gasteiger partial charge is 0.269 e. The number of halogens is 1. The Hall–Kier alpha value is -2.71. The van der Waals surface area contributed by atoms with Crippen molar-refractivity contribution in [3.63, 3.8) is 0 Å². The van der Waals surface area contributed by atoms with Crippen molar-refractivity contribution in [3.05, 3.63) is 68.7 Å². The van der Waals surface area contributed by atoms with E-state index >= 15 is 0 Å². The number of carbonyl (C=O) groups is 1. The Labute approximate surface area is 148 Å². The van der Waals surface area contributed by atoms with Gasteiger partial charge in [0.15, 0.2) is 5.11 Å². The zero-order valence-corrected chi connectivity index (χ0v) is 14.1. The molecule has 0 saturated heterocycles. The molecule has 0 aromatic heterocycles. The molecule has 0 aliphatic carbocycles. The first-order valence-corrected chi connectivity index (χ1v) is 7.53. The van der Waals surface area contributed by atoms with Gasteiger partial charge in [-0.05, 0) is 49.0 Å². The van der Waals surface area contributed by atoms with Gasteiger partial charge in [-0.2, -0.15) is 0 Å². The van der Waals surface area contributed by atoms with Crippen LogP contribution in [0.5, 0.6) is 0 Å². The summed E-state index contributed by atoms with van der Waals surface area (Å²) in [5.41, 5.74) is 7.12. The Morgan fingerprint density at radius 1 is 1.21 bits per heavy atom. The topological polar surface area (TPSA) is 96.3 Å². The maximum Gasteiger partial charge on any atom is 0.269 e. The van der Waals surface area contributed by atoms with Crippen molar-refractivity contribution in [1.82, 2.24) is 10.7 Å². The van der Waals surface area contributed by atoms with E-state index in [4.69, 9.17) is 23.8 Å². The molecule has 0 atom stereocenters. The van der Waals surface area contributed by atoms with E-state index in [0.717, 1.165) is 5.56 Å². The van der Waals surface area contributed by atoms with Crippen LogP contribution >= 0.6 is 23.8 Å². The monoisotopic (exact) mass is 364 g/mol. The number of benzene rings is 2. The molecule has 24 heavy (non-hydrogen) atoms. The molecule has 0 bridgehead atoms. The van der Waals surface area contributed by atoms with Crippen LogP contribution in [0, 0.1) is 17.0 Å². The number of rotatable bonds is 4.